The van der Waals surface area contributed by atoms with Crippen LogP contribution in [0.3, 0.4) is 0 Å². The standard InChI is InChI=1S/C9H8N6O2S/c10-14-12-6-8(13-15-11)7-18(16,17)9-4-2-1-3-5-9/h1-6H,7H2/b8-6-. The third-order valence-corrected chi connectivity index (χ3v) is 3.54. The minimum absolute atomic E-state index is 0.102. The topological polar surface area (TPSA) is 132 Å². The maximum absolute atomic E-state index is 11.9. The molecule has 0 heterocycles. The van der Waals surface area contributed by atoms with Crippen molar-refractivity contribution in [1.82, 2.24) is 0 Å². The summed E-state index contributed by atoms with van der Waals surface area (Å²) >= 11 is 0. The molecule has 0 aliphatic heterocycles. The number of nitrogens with zero attached hydrogens (tertiary/aromatic N) is 6. The smallest absolute Gasteiger partial charge is 0.182 e. The predicted molar refractivity (Wildman–Crippen MR) is 64.9 cm³/mol. The minimum atomic E-state index is -3.63. The van der Waals surface area contributed by atoms with Crippen LogP contribution < -0.4 is 0 Å². The van der Waals surface area contributed by atoms with Crippen LogP contribution in [0.15, 0.2) is 57.4 Å². The van der Waals surface area contributed by atoms with E-state index in [4.69, 9.17) is 11.1 Å². The Balaban J connectivity index is 3.08. The average Bonchev–Trinajstić information content (AvgIpc) is 2.37. The first-order chi connectivity index (χ1) is 8.60. The van der Waals surface area contributed by atoms with Crippen molar-refractivity contribution in [3.63, 3.8) is 0 Å². The van der Waals surface area contributed by atoms with Crippen molar-refractivity contribution >= 4 is 9.84 Å². The molecule has 0 spiro atoms. The van der Waals surface area contributed by atoms with Crippen LogP contribution in [0, 0.1) is 0 Å². The molecule has 18 heavy (non-hydrogen) atoms. The Morgan fingerprint density at radius 1 is 1.22 bits per heavy atom. The van der Waals surface area contributed by atoms with E-state index in [0.717, 1.165) is 6.20 Å². The molecule has 0 N–H and O–H groups in total. The Morgan fingerprint density at radius 2 is 1.89 bits per heavy atom. The van der Waals surface area contributed by atoms with E-state index in [9.17, 15) is 8.42 Å². The highest BCUT2D eigenvalue weighted by Gasteiger charge is 2.15. The van der Waals surface area contributed by atoms with Gasteiger partial charge >= 0.3 is 0 Å². The summed E-state index contributed by atoms with van der Waals surface area (Å²) in [6, 6.07) is 7.70. The molecule has 0 saturated carbocycles. The zero-order chi connectivity index (χ0) is 13.4. The summed E-state index contributed by atoms with van der Waals surface area (Å²) < 4.78 is 23.8. The lowest BCUT2D eigenvalue weighted by atomic mass is 10.4. The van der Waals surface area contributed by atoms with Crippen LogP contribution in [0.5, 0.6) is 0 Å². The molecule has 1 rings (SSSR count). The lowest BCUT2D eigenvalue weighted by Gasteiger charge is -2.03. The number of sulfone groups is 1. The van der Waals surface area contributed by atoms with Gasteiger partial charge in [0.25, 0.3) is 0 Å². The fraction of sp³-hybridized carbons (Fsp3) is 0.111. The third kappa shape index (κ3) is 3.84. The normalized spacial score (nSPS) is 11.2. The lowest BCUT2D eigenvalue weighted by Crippen LogP contribution is -2.07. The van der Waals surface area contributed by atoms with Gasteiger partial charge < -0.3 is 0 Å². The van der Waals surface area contributed by atoms with Crippen molar-refractivity contribution in [2.24, 2.45) is 10.2 Å². The molecule has 8 nitrogen and oxygen atoms in total. The highest BCUT2D eigenvalue weighted by atomic mass is 32.2. The Morgan fingerprint density at radius 3 is 2.44 bits per heavy atom. The Hall–Kier alpha value is -2.47. The van der Waals surface area contributed by atoms with Crippen LogP contribution in [0.1, 0.15) is 0 Å². The van der Waals surface area contributed by atoms with Crippen molar-refractivity contribution < 1.29 is 8.42 Å². The van der Waals surface area contributed by atoms with Crippen LogP contribution in [-0.4, -0.2) is 14.2 Å². The zero-order valence-corrected chi connectivity index (χ0v) is 9.90. The fourth-order valence-corrected chi connectivity index (χ4v) is 2.41. The second kappa shape index (κ2) is 6.31. The van der Waals surface area contributed by atoms with Crippen molar-refractivity contribution in [3.05, 3.63) is 63.1 Å². The zero-order valence-electron chi connectivity index (χ0n) is 9.08. The summed E-state index contributed by atoms with van der Waals surface area (Å²) in [5.74, 6) is -0.528. The Bertz CT molecular complexity index is 639. The van der Waals surface area contributed by atoms with Crippen LogP contribution in [0.25, 0.3) is 20.9 Å². The van der Waals surface area contributed by atoms with Crippen LogP contribution in [0.4, 0.5) is 0 Å². The van der Waals surface area contributed by atoms with Gasteiger partial charge in [0.05, 0.1) is 10.6 Å². The monoisotopic (exact) mass is 264 g/mol. The van der Waals surface area contributed by atoms with E-state index in [1.807, 2.05) is 0 Å². The average molecular weight is 264 g/mol. The molecule has 0 unspecified atom stereocenters. The molecule has 9 heteroatoms. The highest BCUT2D eigenvalue weighted by Crippen LogP contribution is 2.14. The molecular formula is C9H8N6O2S. The Kier molecular flexibility index (Phi) is 4.77. The molecule has 1 aromatic carbocycles. The largest absolute Gasteiger partial charge is 0.223 e. The predicted octanol–water partition coefficient (Wildman–Crippen LogP) is 2.92. The summed E-state index contributed by atoms with van der Waals surface area (Å²) in [7, 11) is -3.63. The van der Waals surface area contributed by atoms with E-state index in [-0.39, 0.29) is 10.6 Å². The molecular weight excluding hydrogens is 256 g/mol. The second-order valence-corrected chi connectivity index (χ2v) is 5.08. The number of hydrogen-bond donors (Lipinski definition) is 0. The number of benzene rings is 1. The summed E-state index contributed by atoms with van der Waals surface area (Å²) in [5, 5.41) is 6.23. The van der Waals surface area contributed by atoms with E-state index < -0.39 is 15.6 Å². The van der Waals surface area contributed by atoms with Gasteiger partial charge in [-0.05, 0) is 23.2 Å². The van der Waals surface area contributed by atoms with Crippen molar-refractivity contribution in [2.45, 2.75) is 4.90 Å². The number of azide groups is 2. The molecule has 0 atom stereocenters. The van der Waals surface area contributed by atoms with Crippen molar-refractivity contribution in [1.29, 1.82) is 0 Å². The fourth-order valence-electron chi connectivity index (χ4n) is 1.15. The maximum Gasteiger partial charge on any atom is 0.182 e. The van der Waals surface area contributed by atoms with Gasteiger partial charge in [0.2, 0.25) is 0 Å². The van der Waals surface area contributed by atoms with Crippen LogP contribution in [0.2, 0.25) is 0 Å². The van der Waals surface area contributed by atoms with Gasteiger partial charge in [-0.25, -0.2) is 8.42 Å². The van der Waals surface area contributed by atoms with E-state index in [2.05, 4.69) is 20.1 Å². The first kappa shape index (κ1) is 13.6. The van der Waals surface area contributed by atoms with Gasteiger partial charge in [-0.1, -0.05) is 28.4 Å². The van der Waals surface area contributed by atoms with Gasteiger partial charge in [0.1, 0.15) is 0 Å². The third-order valence-electron chi connectivity index (χ3n) is 1.87. The molecule has 0 bridgehead atoms. The quantitative estimate of drug-likeness (QED) is 0.459. The van der Waals surface area contributed by atoms with Gasteiger partial charge in [-0.2, -0.15) is 0 Å². The second-order valence-electron chi connectivity index (χ2n) is 3.09. The van der Waals surface area contributed by atoms with Crippen molar-refractivity contribution in [3.8, 4) is 0 Å². The minimum Gasteiger partial charge on any atom is -0.223 e. The van der Waals surface area contributed by atoms with Gasteiger partial charge in [0.15, 0.2) is 9.84 Å². The summed E-state index contributed by atoms with van der Waals surface area (Å²) in [4.78, 5) is 5.01. The lowest BCUT2D eigenvalue weighted by molar-refractivity contribution is 0.598. The molecule has 0 aliphatic carbocycles. The first-order valence-corrected chi connectivity index (χ1v) is 6.31. The van der Waals surface area contributed by atoms with E-state index >= 15 is 0 Å². The highest BCUT2D eigenvalue weighted by molar-refractivity contribution is 7.91. The summed E-state index contributed by atoms with van der Waals surface area (Å²) in [6.07, 6.45) is 0.875. The molecule has 0 aromatic heterocycles. The molecule has 0 fully saturated rings. The number of rotatable bonds is 5. The summed E-state index contributed by atoms with van der Waals surface area (Å²) in [5.41, 5.74) is 16.3. The number of hydrogen-bond acceptors (Lipinski definition) is 4. The molecule has 0 radical (unpaired) electrons. The van der Waals surface area contributed by atoms with E-state index in [1.165, 1.54) is 12.1 Å². The summed E-state index contributed by atoms with van der Waals surface area (Å²) in [6.45, 7) is 0. The van der Waals surface area contributed by atoms with Crippen LogP contribution in [-0.2, 0) is 9.84 Å². The molecule has 0 aliphatic rings. The maximum atomic E-state index is 11.9. The van der Waals surface area contributed by atoms with Gasteiger partial charge in [-0.15, -0.1) is 0 Å². The van der Waals surface area contributed by atoms with Crippen molar-refractivity contribution in [2.75, 3.05) is 5.75 Å². The Labute approximate surface area is 103 Å². The van der Waals surface area contributed by atoms with Crippen LogP contribution >= 0.6 is 0 Å². The van der Waals surface area contributed by atoms with E-state index in [0.29, 0.717) is 0 Å². The first-order valence-electron chi connectivity index (χ1n) is 4.66. The molecule has 1 aromatic rings. The van der Waals surface area contributed by atoms with Gasteiger partial charge in [-0.3, -0.25) is 0 Å². The van der Waals surface area contributed by atoms with E-state index in [1.54, 1.807) is 18.2 Å². The molecule has 0 amide bonds. The SMILES string of the molecule is [N-]=[N+]=N/C=C(/CS(=O)(=O)c1ccccc1)N=[N+]=[N-]. The van der Waals surface area contributed by atoms with Gasteiger partial charge in [0, 0.05) is 21.7 Å². The molecule has 0 saturated heterocycles. The molecule has 92 valence electrons.